The minimum absolute atomic E-state index is 0.0499. The first kappa shape index (κ1) is 11.6. The second-order valence-corrected chi connectivity index (χ2v) is 2.91. The zero-order valence-electron chi connectivity index (χ0n) is 7.46. The third-order valence-corrected chi connectivity index (χ3v) is 1.80. The van der Waals surface area contributed by atoms with Gasteiger partial charge in [-0.2, -0.15) is 13.2 Å². The first-order chi connectivity index (χ1) is 6.69. The Kier molecular flexibility index (Phi) is 2.52. The van der Waals surface area contributed by atoms with Crippen LogP contribution in [-0.2, 0) is 10.4 Å². The Morgan fingerprint density at radius 3 is 2.27 bits per heavy atom. The molecule has 4 nitrogen and oxygen atoms in total. The number of rotatable bonds is 2. The Morgan fingerprint density at radius 2 is 2.00 bits per heavy atom. The van der Waals surface area contributed by atoms with Crippen LogP contribution in [0, 0.1) is 6.92 Å². The lowest BCUT2D eigenvalue weighted by atomic mass is 10.0. The van der Waals surface area contributed by atoms with Gasteiger partial charge in [0.05, 0.1) is 5.97 Å². The Hall–Kier alpha value is -1.50. The van der Waals surface area contributed by atoms with E-state index in [1.807, 2.05) is 0 Å². The molecule has 1 aromatic rings. The number of carbonyl (C=O) groups excluding carboxylic acids is 1. The fourth-order valence-electron chi connectivity index (χ4n) is 0.985. The molecule has 0 bridgehead atoms. The van der Waals surface area contributed by atoms with Gasteiger partial charge in [-0.15, -0.1) is 0 Å². The summed E-state index contributed by atoms with van der Waals surface area (Å²) < 4.78 is 41.4. The molecule has 0 aliphatic rings. The largest absolute Gasteiger partial charge is 0.546 e. The van der Waals surface area contributed by atoms with Crippen molar-refractivity contribution < 1.29 is 32.6 Å². The van der Waals surface area contributed by atoms with E-state index in [0.717, 1.165) is 12.1 Å². The summed E-state index contributed by atoms with van der Waals surface area (Å²) in [7, 11) is 0. The number of furan rings is 1. The second-order valence-electron chi connectivity index (χ2n) is 2.91. The molecular weight excluding hydrogens is 217 g/mol. The van der Waals surface area contributed by atoms with E-state index in [4.69, 9.17) is 5.11 Å². The van der Waals surface area contributed by atoms with Crippen LogP contribution in [0.3, 0.4) is 0 Å². The molecule has 0 radical (unpaired) electrons. The SMILES string of the molecule is Cc1ccc([C@@](O)(C(=O)[O-])C(F)(F)F)o1. The lowest BCUT2D eigenvalue weighted by molar-refractivity contribution is -0.359. The van der Waals surface area contributed by atoms with Crippen LogP contribution in [-0.4, -0.2) is 17.3 Å². The zero-order chi connectivity index (χ0) is 11.9. The van der Waals surface area contributed by atoms with Gasteiger partial charge in [0.15, 0.2) is 5.76 Å². The molecule has 0 fully saturated rings. The van der Waals surface area contributed by atoms with Crippen LogP contribution in [0.5, 0.6) is 0 Å². The van der Waals surface area contributed by atoms with Gasteiger partial charge in [-0.25, -0.2) is 0 Å². The maximum Gasteiger partial charge on any atom is 0.430 e. The van der Waals surface area contributed by atoms with Crippen molar-refractivity contribution in [2.45, 2.75) is 18.7 Å². The molecule has 0 saturated carbocycles. The molecule has 1 N–H and O–H groups in total. The highest BCUT2D eigenvalue weighted by Gasteiger charge is 2.58. The molecule has 0 aromatic carbocycles. The molecule has 0 spiro atoms. The van der Waals surface area contributed by atoms with Gasteiger partial charge in [0, 0.05) is 0 Å². The van der Waals surface area contributed by atoms with Crippen LogP contribution in [0.25, 0.3) is 0 Å². The number of alkyl halides is 3. The highest BCUT2D eigenvalue weighted by Crippen LogP contribution is 2.39. The van der Waals surface area contributed by atoms with Crippen molar-refractivity contribution in [2.75, 3.05) is 0 Å². The standard InChI is InChI=1S/C8H7F3O4/c1-4-2-3-5(15-4)7(14,6(12)13)8(9,10)11/h2-3,14H,1H3,(H,12,13)/p-1/t7-/m1/s1. The van der Waals surface area contributed by atoms with Gasteiger partial charge in [0.1, 0.15) is 5.76 Å². The second kappa shape index (κ2) is 3.27. The van der Waals surface area contributed by atoms with E-state index < -0.39 is 23.5 Å². The molecule has 1 heterocycles. The smallest absolute Gasteiger partial charge is 0.430 e. The summed E-state index contributed by atoms with van der Waals surface area (Å²) in [6, 6.07) is 1.84. The van der Waals surface area contributed by atoms with Gasteiger partial charge >= 0.3 is 6.18 Å². The van der Waals surface area contributed by atoms with Crippen molar-refractivity contribution in [3.63, 3.8) is 0 Å². The molecule has 0 aliphatic carbocycles. The first-order valence-corrected chi connectivity index (χ1v) is 3.77. The average Bonchev–Trinajstić information content (AvgIpc) is 2.48. The van der Waals surface area contributed by atoms with Gasteiger partial charge in [0.2, 0.25) is 0 Å². The quantitative estimate of drug-likeness (QED) is 0.770. The van der Waals surface area contributed by atoms with E-state index in [1.165, 1.54) is 6.92 Å². The summed E-state index contributed by atoms with van der Waals surface area (Å²) in [6.07, 6.45) is -5.41. The summed E-state index contributed by atoms with van der Waals surface area (Å²) in [4.78, 5) is 10.3. The molecule has 1 aromatic heterocycles. The number of hydrogen-bond donors (Lipinski definition) is 1. The number of carboxylic acids is 1. The van der Waals surface area contributed by atoms with Gasteiger partial charge in [0.25, 0.3) is 5.60 Å². The van der Waals surface area contributed by atoms with E-state index >= 15 is 0 Å². The van der Waals surface area contributed by atoms with Gasteiger partial charge < -0.3 is 19.4 Å². The van der Waals surface area contributed by atoms with E-state index in [0.29, 0.717) is 0 Å². The predicted octanol–water partition coefficient (Wildman–Crippen LogP) is 0.0878. The number of aryl methyl sites for hydroxylation is 1. The van der Waals surface area contributed by atoms with E-state index in [9.17, 15) is 23.1 Å². The van der Waals surface area contributed by atoms with Crippen LogP contribution in [0.1, 0.15) is 11.5 Å². The Balaban J connectivity index is 3.31. The molecule has 0 aliphatic heterocycles. The number of carbonyl (C=O) groups is 1. The number of carboxylic acid groups (broad SMARTS) is 1. The first-order valence-electron chi connectivity index (χ1n) is 3.77. The van der Waals surface area contributed by atoms with Gasteiger partial charge in [-0.3, -0.25) is 0 Å². The van der Waals surface area contributed by atoms with Gasteiger partial charge in [-0.05, 0) is 19.1 Å². The topological polar surface area (TPSA) is 73.5 Å². The summed E-state index contributed by atoms with van der Waals surface area (Å²) in [5.74, 6) is -3.74. The number of aliphatic carboxylic acids is 1. The third-order valence-electron chi connectivity index (χ3n) is 1.80. The third kappa shape index (κ3) is 1.70. The highest BCUT2D eigenvalue weighted by molar-refractivity contribution is 5.77. The molecule has 0 saturated heterocycles. The molecule has 1 rings (SSSR count). The number of hydrogen-bond acceptors (Lipinski definition) is 4. The average molecular weight is 223 g/mol. The van der Waals surface area contributed by atoms with Crippen molar-refractivity contribution in [3.05, 3.63) is 23.7 Å². The molecule has 7 heteroatoms. The highest BCUT2D eigenvalue weighted by atomic mass is 19.4. The minimum Gasteiger partial charge on any atom is -0.546 e. The Labute approximate surface area is 81.9 Å². The summed E-state index contributed by atoms with van der Waals surface area (Å²) >= 11 is 0. The van der Waals surface area contributed by atoms with Crippen LogP contribution in [0.15, 0.2) is 16.5 Å². The maximum atomic E-state index is 12.3. The molecule has 15 heavy (non-hydrogen) atoms. The van der Waals surface area contributed by atoms with Crippen LogP contribution in [0.4, 0.5) is 13.2 Å². The minimum atomic E-state index is -5.41. The van der Waals surface area contributed by atoms with Crippen LogP contribution < -0.4 is 5.11 Å². The summed E-state index contributed by atoms with van der Waals surface area (Å²) in [5.41, 5.74) is -4.11. The van der Waals surface area contributed by atoms with Crippen molar-refractivity contribution >= 4 is 5.97 Å². The van der Waals surface area contributed by atoms with E-state index in [2.05, 4.69) is 4.42 Å². The van der Waals surface area contributed by atoms with Crippen molar-refractivity contribution in [1.82, 2.24) is 0 Å². The maximum absolute atomic E-state index is 12.3. The van der Waals surface area contributed by atoms with Crippen LogP contribution in [0.2, 0.25) is 0 Å². The Bertz CT molecular complexity index is 381. The molecule has 0 unspecified atom stereocenters. The van der Waals surface area contributed by atoms with Crippen molar-refractivity contribution in [3.8, 4) is 0 Å². The van der Waals surface area contributed by atoms with E-state index in [1.54, 1.807) is 0 Å². The number of halogens is 3. The predicted molar refractivity (Wildman–Crippen MR) is 38.4 cm³/mol. The molecular formula is C8H6F3O4-. The van der Waals surface area contributed by atoms with E-state index in [-0.39, 0.29) is 5.76 Å². The van der Waals surface area contributed by atoms with Gasteiger partial charge in [-0.1, -0.05) is 0 Å². The Morgan fingerprint density at radius 1 is 1.47 bits per heavy atom. The monoisotopic (exact) mass is 223 g/mol. The lowest BCUT2D eigenvalue weighted by Crippen LogP contribution is -2.55. The summed E-state index contributed by atoms with van der Waals surface area (Å²) in [5, 5.41) is 19.4. The molecule has 0 amide bonds. The van der Waals surface area contributed by atoms with Crippen molar-refractivity contribution in [1.29, 1.82) is 0 Å². The fraction of sp³-hybridized carbons (Fsp3) is 0.375. The van der Waals surface area contributed by atoms with Crippen LogP contribution >= 0.6 is 0 Å². The molecule has 84 valence electrons. The zero-order valence-corrected chi connectivity index (χ0v) is 7.46. The number of aliphatic hydroxyl groups is 1. The normalized spacial score (nSPS) is 16.1. The summed E-state index contributed by atoms with van der Waals surface area (Å²) in [6.45, 7) is 1.32. The fourth-order valence-corrected chi connectivity index (χ4v) is 0.985. The van der Waals surface area contributed by atoms with Crippen molar-refractivity contribution in [2.24, 2.45) is 0 Å². The molecule has 1 atom stereocenters. The lowest BCUT2D eigenvalue weighted by Gasteiger charge is -2.28.